The lowest BCUT2D eigenvalue weighted by Gasteiger charge is -2.57. The molecule has 4 fully saturated rings. The average molecular weight is 850 g/mol. The van der Waals surface area contributed by atoms with Crippen LogP contribution in [0, 0.1) is 17.8 Å². The van der Waals surface area contributed by atoms with Crippen molar-refractivity contribution in [1.29, 1.82) is 0 Å². The summed E-state index contributed by atoms with van der Waals surface area (Å²) < 4.78 is 12.8. The number of pyridine rings is 1. The van der Waals surface area contributed by atoms with Crippen molar-refractivity contribution in [2.24, 2.45) is 17.8 Å². The highest BCUT2D eigenvalue weighted by molar-refractivity contribution is 6.08. The molecule has 0 atom stereocenters. The Morgan fingerprint density at radius 1 is 0.318 bits per heavy atom. The zero-order valence-electron chi connectivity index (χ0n) is 36.7. The number of para-hydroxylation sites is 1. The molecule has 3 heterocycles. The van der Waals surface area contributed by atoms with Crippen LogP contribution in [0.3, 0.4) is 0 Å². The minimum absolute atomic E-state index is 0.399. The first kappa shape index (κ1) is 37.8. The van der Waals surface area contributed by atoms with Crippen LogP contribution in [0.2, 0.25) is 0 Å². The van der Waals surface area contributed by atoms with Gasteiger partial charge in [-0.05, 0) is 191 Å². The second-order valence-corrected chi connectivity index (χ2v) is 19.8. The summed E-state index contributed by atoms with van der Waals surface area (Å²) in [6, 6.07) is 70.4. The van der Waals surface area contributed by atoms with E-state index in [1.54, 1.807) is 5.56 Å². The minimum atomic E-state index is 0.399. The van der Waals surface area contributed by atoms with Crippen molar-refractivity contribution >= 4 is 43.9 Å². The van der Waals surface area contributed by atoms with Crippen molar-refractivity contribution in [1.82, 2.24) is 4.98 Å². The van der Waals surface area contributed by atoms with E-state index >= 15 is 0 Å². The highest BCUT2D eigenvalue weighted by Gasteiger charge is 2.51. The van der Waals surface area contributed by atoms with Crippen molar-refractivity contribution in [2.75, 3.05) is 0 Å². The molecule has 4 aliphatic rings. The SMILES string of the molecule is c1ccc(-c2cc(-c3ccccc3)cc(-c3cc(-c4ccc5oc6ccc(-c7ccc(C89CC%10CC(CC(C%10)C8)C9)cc7)cc6c5c4)cc(-c4ccc5oc6ccccc6c5c4)n3)c2)cc1. The van der Waals surface area contributed by atoms with Crippen LogP contribution in [0.5, 0.6) is 0 Å². The molecule has 8 aromatic carbocycles. The van der Waals surface area contributed by atoms with Gasteiger partial charge < -0.3 is 8.83 Å². The second kappa shape index (κ2) is 14.8. The summed E-state index contributed by atoms with van der Waals surface area (Å²) in [6.07, 6.45) is 8.58. The van der Waals surface area contributed by atoms with Crippen molar-refractivity contribution in [3.05, 3.63) is 200 Å². The number of rotatable bonds is 7. The molecule has 0 N–H and O–H groups in total. The van der Waals surface area contributed by atoms with Gasteiger partial charge >= 0.3 is 0 Å². The number of hydrogen-bond donors (Lipinski definition) is 0. The summed E-state index contributed by atoms with van der Waals surface area (Å²) >= 11 is 0. The molecule has 0 aliphatic heterocycles. The zero-order chi connectivity index (χ0) is 43.3. The fourth-order valence-corrected chi connectivity index (χ4v) is 12.9. The third kappa shape index (κ3) is 6.36. The predicted molar refractivity (Wildman–Crippen MR) is 271 cm³/mol. The van der Waals surface area contributed by atoms with E-state index in [1.807, 2.05) is 12.1 Å². The van der Waals surface area contributed by atoms with Gasteiger partial charge in [0.1, 0.15) is 22.3 Å². The van der Waals surface area contributed by atoms with Crippen LogP contribution in [0.25, 0.3) is 111 Å². The number of benzene rings is 8. The molecule has 3 heteroatoms. The van der Waals surface area contributed by atoms with E-state index in [0.717, 1.165) is 106 Å². The summed E-state index contributed by atoms with van der Waals surface area (Å²) in [5, 5.41) is 4.42. The van der Waals surface area contributed by atoms with Crippen molar-refractivity contribution in [2.45, 2.75) is 43.9 Å². The molecule has 3 aromatic heterocycles. The molecule has 11 aromatic rings. The Morgan fingerprint density at radius 2 is 0.727 bits per heavy atom. The largest absolute Gasteiger partial charge is 0.456 e. The van der Waals surface area contributed by atoms with E-state index in [2.05, 4.69) is 182 Å². The van der Waals surface area contributed by atoms with Crippen LogP contribution in [0.1, 0.15) is 44.1 Å². The Labute approximate surface area is 384 Å². The van der Waals surface area contributed by atoms with Gasteiger partial charge in [-0.1, -0.05) is 115 Å². The Balaban J connectivity index is 0.900. The topological polar surface area (TPSA) is 39.2 Å². The molecule has 4 aliphatic carbocycles. The van der Waals surface area contributed by atoms with Gasteiger partial charge in [-0.2, -0.15) is 0 Å². The quantitative estimate of drug-likeness (QED) is 0.160. The molecule has 4 bridgehead atoms. The summed E-state index contributed by atoms with van der Waals surface area (Å²) in [6.45, 7) is 0. The standard InChI is InChI=1S/C63H47NO2/c1-3-9-42(10-4-1)48-28-49(43-11-5-2-6-12-43)30-51(29-48)58-35-50(34-57(64-58)47-19-24-60-54(33-47)53-13-7-8-14-59(53)65-60)46-18-23-62-56(32-46)55-31-45(17-22-61(55)66-62)44-15-20-52(21-16-44)63-36-39-25-40(37-63)27-41(26-39)38-63/h1-24,28-35,39-41H,25-27,36-38H2. The smallest absolute Gasteiger partial charge is 0.135 e. The Bertz CT molecular complexity index is 3580. The third-order valence-electron chi connectivity index (χ3n) is 15.6. The lowest BCUT2D eigenvalue weighted by molar-refractivity contribution is -0.00518. The van der Waals surface area contributed by atoms with E-state index < -0.39 is 0 Å². The van der Waals surface area contributed by atoms with Gasteiger partial charge in [0.15, 0.2) is 0 Å². The number of nitrogens with zero attached hydrogens (tertiary/aromatic N) is 1. The van der Waals surface area contributed by atoms with Gasteiger partial charge in [-0.3, -0.25) is 0 Å². The van der Waals surface area contributed by atoms with Crippen LogP contribution in [-0.4, -0.2) is 4.98 Å². The first-order valence-electron chi connectivity index (χ1n) is 23.8. The molecule has 0 unspecified atom stereocenters. The van der Waals surface area contributed by atoms with Crippen LogP contribution < -0.4 is 0 Å². The molecule has 0 radical (unpaired) electrons. The molecular formula is C63H47NO2. The lowest BCUT2D eigenvalue weighted by atomic mass is 9.48. The van der Waals surface area contributed by atoms with Gasteiger partial charge in [0.2, 0.25) is 0 Å². The van der Waals surface area contributed by atoms with E-state index in [1.165, 1.54) is 60.8 Å². The molecule has 0 amide bonds. The molecule has 66 heavy (non-hydrogen) atoms. The van der Waals surface area contributed by atoms with E-state index in [-0.39, 0.29) is 0 Å². The van der Waals surface area contributed by atoms with E-state index in [9.17, 15) is 0 Å². The van der Waals surface area contributed by atoms with Gasteiger partial charge in [0.05, 0.1) is 11.4 Å². The predicted octanol–water partition coefficient (Wildman–Crippen LogP) is 17.4. The van der Waals surface area contributed by atoms with E-state index in [4.69, 9.17) is 13.8 Å². The van der Waals surface area contributed by atoms with Gasteiger partial charge in [0.25, 0.3) is 0 Å². The third-order valence-corrected chi connectivity index (χ3v) is 15.6. The number of aromatic nitrogens is 1. The Morgan fingerprint density at radius 3 is 1.32 bits per heavy atom. The fourth-order valence-electron chi connectivity index (χ4n) is 12.9. The summed E-state index contributed by atoms with van der Waals surface area (Å²) in [7, 11) is 0. The van der Waals surface area contributed by atoms with Crippen molar-refractivity contribution < 1.29 is 8.83 Å². The maximum absolute atomic E-state index is 6.53. The fraction of sp³-hybridized carbons (Fsp3) is 0.159. The monoisotopic (exact) mass is 849 g/mol. The van der Waals surface area contributed by atoms with E-state index in [0.29, 0.717) is 5.41 Å². The Kier molecular flexibility index (Phi) is 8.47. The number of fused-ring (bicyclic) bond motifs is 6. The lowest BCUT2D eigenvalue weighted by Crippen LogP contribution is -2.48. The Hall–Kier alpha value is -7.49. The van der Waals surface area contributed by atoms with Gasteiger partial charge in [0, 0.05) is 32.7 Å². The minimum Gasteiger partial charge on any atom is -0.456 e. The molecule has 0 spiro atoms. The molecule has 15 rings (SSSR count). The van der Waals surface area contributed by atoms with Crippen LogP contribution in [0.4, 0.5) is 0 Å². The normalized spacial score (nSPS) is 20.0. The van der Waals surface area contributed by atoms with Crippen LogP contribution in [0.15, 0.2) is 203 Å². The van der Waals surface area contributed by atoms with Crippen LogP contribution >= 0.6 is 0 Å². The second-order valence-electron chi connectivity index (χ2n) is 19.8. The molecule has 316 valence electrons. The van der Waals surface area contributed by atoms with Crippen LogP contribution in [-0.2, 0) is 5.41 Å². The number of hydrogen-bond acceptors (Lipinski definition) is 3. The zero-order valence-corrected chi connectivity index (χ0v) is 36.7. The van der Waals surface area contributed by atoms with Gasteiger partial charge in [-0.15, -0.1) is 0 Å². The van der Waals surface area contributed by atoms with Gasteiger partial charge in [-0.25, -0.2) is 4.98 Å². The first-order chi connectivity index (χ1) is 32.5. The highest BCUT2D eigenvalue weighted by Crippen LogP contribution is 2.61. The maximum Gasteiger partial charge on any atom is 0.135 e. The maximum atomic E-state index is 6.53. The summed E-state index contributed by atoms with van der Waals surface area (Å²) in [5.41, 5.74) is 18.7. The molecule has 3 nitrogen and oxygen atoms in total. The average Bonchev–Trinajstić information content (AvgIpc) is 3.93. The molecular weight excluding hydrogens is 803 g/mol. The number of furan rings is 2. The molecule has 0 saturated heterocycles. The first-order valence-corrected chi connectivity index (χ1v) is 23.8. The summed E-state index contributed by atoms with van der Waals surface area (Å²) in [5.74, 6) is 2.82. The summed E-state index contributed by atoms with van der Waals surface area (Å²) in [4.78, 5) is 5.50. The van der Waals surface area contributed by atoms with Crippen molar-refractivity contribution in [3.8, 4) is 67.0 Å². The molecule has 4 saturated carbocycles. The highest BCUT2D eigenvalue weighted by atomic mass is 16.3. The van der Waals surface area contributed by atoms with Crippen molar-refractivity contribution in [3.63, 3.8) is 0 Å².